The Kier molecular flexibility index (Phi) is 8.78. The zero-order valence-electron chi connectivity index (χ0n) is 23.8. The fourth-order valence-corrected chi connectivity index (χ4v) is 7.44. The van der Waals surface area contributed by atoms with Crippen molar-refractivity contribution in [1.82, 2.24) is 9.80 Å². The third-order valence-corrected chi connectivity index (χ3v) is 9.62. The highest BCUT2D eigenvalue weighted by Crippen LogP contribution is 2.44. The van der Waals surface area contributed by atoms with E-state index in [0.29, 0.717) is 18.1 Å². The van der Waals surface area contributed by atoms with Crippen molar-refractivity contribution in [2.75, 3.05) is 59.0 Å². The lowest BCUT2D eigenvalue weighted by Crippen LogP contribution is -2.55. The molecule has 3 fully saturated rings. The van der Waals surface area contributed by atoms with Gasteiger partial charge in [0.2, 0.25) is 5.91 Å². The number of carbonyl (C=O) groups is 2. The summed E-state index contributed by atoms with van der Waals surface area (Å²) in [6, 6.07) is 13.9. The average molecular weight is 566 g/mol. The number of likely N-dealkylation sites (N-methyl/N-ethyl adjacent to an activating group) is 1. The second kappa shape index (κ2) is 12.5. The maximum atomic E-state index is 13.5. The predicted molar refractivity (Wildman–Crippen MR) is 159 cm³/mol. The summed E-state index contributed by atoms with van der Waals surface area (Å²) in [7, 11) is 5.17. The molecule has 9 heteroatoms. The summed E-state index contributed by atoms with van der Waals surface area (Å²) >= 11 is 1.66. The van der Waals surface area contributed by atoms with Gasteiger partial charge in [0.1, 0.15) is 5.75 Å². The van der Waals surface area contributed by atoms with Crippen molar-refractivity contribution >= 4 is 35.3 Å². The number of hydrogen-bond donors (Lipinski definition) is 0. The average Bonchev–Trinajstić information content (AvgIpc) is 3.00. The van der Waals surface area contributed by atoms with Crippen LogP contribution in [-0.4, -0.2) is 87.0 Å². The van der Waals surface area contributed by atoms with Crippen LogP contribution in [0.4, 0.5) is 5.69 Å². The van der Waals surface area contributed by atoms with Crippen molar-refractivity contribution in [3.05, 3.63) is 52.9 Å². The molecule has 40 heavy (non-hydrogen) atoms. The number of anilines is 1. The van der Waals surface area contributed by atoms with Gasteiger partial charge in [0.25, 0.3) is 5.91 Å². The number of piperazine rings is 1. The number of benzene rings is 2. The van der Waals surface area contributed by atoms with E-state index in [2.05, 4.69) is 17.0 Å². The molecule has 0 N–H and O–H groups in total. The summed E-state index contributed by atoms with van der Waals surface area (Å²) in [6.07, 6.45) is 4.44. The summed E-state index contributed by atoms with van der Waals surface area (Å²) in [5, 5.41) is 0.287. The monoisotopic (exact) mass is 565 g/mol. The lowest BCUT2D eigenvalue weighted by molar-refractivity contribution is -0.139. The molecule has 2 aromatic carbocycles. The number of thioether (sulfide) groups is 1. The molecule has 2 saturated heterocycles. The van der Waals surface area contributed by atoms with Crippen LogP contribution >= 0.6 is 11.8 Å². The second-order valence-corrected chi connectivity index (χ2v) is 11.8. The highest BCUT2D eigenvalue weighted by atomic mass is 32.2. The topological polar surface area (TPSA) is 71.6 Å². The Morgan fingerprint density at radius 2 is 1.75 bits per heavy atom. The van der Waals surface area contributed by atoms with Crippen LogP contribution < -0.4 is 19.1 Å². The normalized spacial score (nSPS) is 24.1. The minimum absolute atomic E-state index is 0.0142. The molecule has 0 spiro atoms. The van der Waals surface area contributed by atoms with Gasteiger partial charge in [-0.3, -0.25) is 9.59 Å². The molecule has 2 heterocycles. The van der Waals surface area contributed by atoms with Crippen molar-refractivity contribution in [1.29, 1.82) is 0 Å². The van der Waals surface area contributed by atoms with E-state index in [1.54, 1.807) is 26.0 Å². The van der Waals surface area contributed by atoms with E-state index in [9.17, 15) is 9.59 Å². The number of hydrogen-bond acceptors (Lipinski definition) is 7. The zero-order chi connectivity index (χ0) is 28.2. The van der Waals surface area contributed by atoms with Gasteiger partial charge in [0, 0.05) is 56.1 Å². The first-order chi connectivity index (χ1) is 19.4. The highest BCUT2D eigenvalue weighted by molar-refractivity contribution is 8.04. The van der Waals surface area contributed by atoms with Gasteiger partial charge in [0.15, 0.2) is 11.5 Å². The van der Waals surface area contributed by atoms with E-state index in [-0.39, 0.29) is 29.0 Å². The molecule has 2 aliphatic heterocycles. The van der Waals surface area contributed by atoms with Crippen LogP contribution in [0.5, 0.6) is 17.2 Å². The lowest BCUT2D eigenvalue weighted by atomic mass is 9.83. The summed E-state index contributed by atoms with van der Waals surface area (Å²) in [6.45, 7) is 5.56. The van der Waals surface area contributed by atoms with Crippen LogP contribution in [0.1, 0.15) is 31.7 Å². The summed E-state index contributed by atoms with van der Waals surface area (Å²) in [4.78, 5) is 33.8. The maximum absolute atomic E-state index is 13.5. The van der Waals surface area contributed by atoms with Crippen molar-refractivity contribution in [3.63, 3.8) is 0 Å². The van der Waals surface area contributed by atoms with Gasteiger partial charge in [-0.05, 0) is 74.2 Å². The Morgan fingerprint density at radius 3 is 2.42 bits per heavy atom. The van der Waals surface area contributed by atoms with E-state index >= 15 is 0 Å². The fraction of sp³-hybridized carbons (Fsp3) is 0.484. The van der Waals surface area contributed by atoms with Gasteiger partial charge < -0.3 is 28.9 Å². The SMILES string of the molecule is CCOc1ccc(/C=C2/SC3CCC(C(=O)N4CCN(c5ccc(OC)cc5)CC4)CC3N(C)C2=O)cc1OC. The molecular weight excluding hydrogens is 526 g/mol. The van der Waals surface area contributed by atoms with Crippen molar-refractivity contribution < 1.29 is 23.8 Å². The van der Waals surface area contributed by atoms with Crippen LogP contribution in [0.3, 0.4) is 0 Å². The third kappa shape index (κ3) is 5.89. The van der Waals surface area contributed by atoms with Gasteiger partial charge in [-0.1, -0.05) is 6.07 Å². The van der Waals surface area contributed by atoms with Gasteiger partial charge in [0.05, 0.1) is 25.7 Å². The molecule has 1 aliphatic carbocycles. The molecule has 0 radical (unpaired) electrons. The number of rotatable bonds is 7. The molecule has 0 aromatic heterocycles. The Hall–Kier alpha value is -3.33. The minimum atomic E-state index is -0.0365. The molecule has 3 atom stereocenters. The maximum Gasteiger partial charge on any atom is 0.260 e. The van der Waals surface area contributed by atoms with Gasteiger partial charge in [-0.15, -0.1) is 11.8 Å². The van der Waals surface area contributed by atoms with E-state index in [1.165, 1.54) is 0 Å². The molecule has 2 amide bonds. The Balaban J connectivity index is 1.19. The van der Waals surface area contributed by atoms with Gasteiger partial charge in [-0.25, -0.2) is 0 Å². The number of fused-ring (bicyclic) bond motifs is 1. The Morgan fingerprint density at radius 1 is 1.00 bits per heavy atom. The van der Waals surface area contributed by atoms with Crippen molar-refractivity contribution in [3.8, 4) is 17.2 Å². The number of nitrogens with zero attached hydrogens (tertiary/aromatic N) is 3. The lowest BCUT2D eigenvalue weighted by Gasteiger charge is -2.45. The predicted octanol–water partition coefficient (Wildman–Crippen LogP) is 4.53. The molecule has 0 bridgehead atoms. The van der Waals surface area contributed by atoms with E-state index in [1.807, 2.05) is 60.2 Å². The standard InChI is InChI=1S/C31H39N3O5S/c1-5-39-26-12-6-21(18-27(26)38-4)19-29-31(36)32(2)25-20-22(7-13-28(25)40-29)30(35)34-16-14-33(15-17-34)23-8-10-24(37-3)11-9-23/h6,8-12,18-19,22,25,28H,5,7,13-17,20H2,1-4H3/b29-19+. The molecule has 3 unspecified atom stereocenters. The quantitative estimate of drug-likeness (QED) is 0.457. The molecular formula is C31H39N3O5S. The number of amides is 2. The molecule has 214 valence electrons. The highest BCUT2D eigenvalue weighted by Gasteiger charge is 2.43. The first-order valence-electron chi connectivity index (χ1n) is 14.1. The Bertz CT molecular complexity index is 1240. The molecule has 3 aliphatic rings. The summed E-state index contributed by atoms with van der Waals surface area (Å²) in [5.41, 5.74) is 2.06. The fourth-order valence-electron chi connectivity index (χ4n) is 5.96. The third-order valence-electron chi connectivity index (χ3n) is 8.23. The molecule has 5 rings (SSSR count). The van der Waals surface area contributed by atoms with Crippen LogP contribution in [0.15, 0.2) is 47.4 Å². The van der Waals surface area contributed by atoms with E-state index < -0.39 is 0 Å². The molecule has 2 aromatic rings. The van der Waals surface area contributed by atoms with E-state index in [0.717, 1.165) is 67.3 Å². The minimum Gasteiger partial charge on any atom is -0.497 e. The van der Waals surface area contributed by atoms with Gasteiger partial charge >= 0.3 is 0 Å². The first-order valence-corrected chi connectivity index (χ1v) is 14.9. The number of methoxy groups -OCH3 is 2. The van der Waals surface area contributed by atoms with E-state index in [4.69, 9.17) is 14.2 Å². The molecule has 1 saturated carbocycles. The van der Waals surface area contributed by atoms with Crippen molar-refractivity contribution in [2.24, 2.45) is 5.92 Å². The van der Waals surface area contributed by atoms with Crippen LogP contribution in [-0.2, 0) is 9.59 Å². The van der Waals surface area contributed by atoms with Crippen LogP contribution in [0, 0.1) is 5.92 Å². The smallest absolute Gasteiger partial charge is 0.260 e. The van der Waals surface area contributed by atoms with Crippen molar-refractivity contribution in [2.45, 2.75) is 37.5 Å². The van der Waals surface area contributed by atoms with Gasteiger partial charge in [-0.2, -0.15) is 0 Å². The second-order valence-electron chi connectivity index (χ2n) is 10.5. The number of carbonyl (C=O) groups excluding carboxylic acids is 2. The zero-order valence-corrected chi connectivity index (χ0v) is 24.6. The number of ether oxygens (including phenoxy) is 3. The van der Waals surface area contributed by atoms with Crippen LogP contribution in [0.2, 0.25) is 0 Å². The van der Waals surface area contributed by atoms with Crippen LogP contribution in [0.25, 0.3) is 6.08 Å². The molecule has 8 nitrogen and oxygen atoms in total. The first kappa shape index (κ1) is 28.2. The summed E-state index contributed by atoms with van der Waals surface area (Å²) < 4.78 is 16.4. The summed E-state index contributed by atoms with van der Waals surface area (Å²) in [5.74, 6) is 2.40. The largest absolute Gasteiger partial charge is 0.497 e. The Labute approximate surface area is 241 Å².